The molecule has 7 nitrogen and oxygen atoms in total. The molecule has 1 unspecified atom stereocenters. The number of nitrogens with zero attached hydrogens (tertiary/aromatic N) is 4. The molecule has 2 aliphatic heterocycles. The molecule has 0 bridgehead atoms. The van der Waals surface area contributed by atoms with E-state index in [9.17, 15) is 9.59 Å². The van der Waals surface area contributed by atoms with Crippen LogP contribution in [-0.2, 0) is 11.2 Å². The normalized spacial score (nSPS) is 19.4. The molecule has 2 aliphatic rings. The largest absolute Gasteiger partial charge is 0.341 e. The number of piperidine rings is 2. The maximum Gasteiger partial charge on any atom is 0.252 e. The van der Waals surface area contributed by atoms with Gasteiger partial charge in [-0.05, 0) is 93.0 Å². The highest BCUT2D eigenvalue weighted by atomic mass is 32.1. The molecule has 2 aromatic heterocycles. The zero-order chi connectivity index (χ0) is 30.5. The van der Waals surface area contributed by atoms with Crippen molar-refractivity contribution in [2.45, 2.75) is 104 Å². The van der Waals surface area contributed by atoms with Crippen molar-refractivity contribution in [2.75, 3.05) is 26.2 Å². The topological polar surface area (TPSA) is 70.5 Å². The number of carbonyl (C=O) groups is 2. The molecule has 1 aromatic carbocycles. The van der Waals surface area contributed by atoms with Crippen molar-refractivity contribution < 1.29 is 9.59 Å². The number of hydrogen-bond acceptors (Lipinski definition) is 5. The van der Waals surface area contributed by atoms with E-state index >= 15 is 0 Å². The van der Waals surface area contributed by atoms with Crippen molar-refractivity contribution in [1.29, 1.82) is 0 Å². The van der Waals surface area contributed by atoms with E-state index in [0.29, 0.717) is 30.0 Å². The Morgan fingerprint density at radius 1 is 1.07 bits per heavy atom. The number of rotatable bonds is 11. The summed E-state index contributed by atoms with van der Waals surface area (Å²) in [6, 6.07) is 10.5. The Bertz CT molecular complexity index is 1350. The van der Waals surface area contributed by atoms with Crippen molar-refractivity contribution >= 4 is 34.2 Å². The minimum absolute atomic E-state index is 0.0600. The first-order chi connectivity index (χ1) is 20.8. The fraction of sp³-hybridized carbons (Fsp3) is 0.629. The molecule has 2 amide bonds. The Morgan fingerprint density at radius 2 is 1.84 bits per heavy atom. The minimum Gasteiger partial charge on any atom is -0.341 e. The van der Waals surface area contributed by atoms with Crippen LogP contribution in [0.5, 0.6) is 0 Å². The Hall–Kier alpha value is -2.71. The maximum absolute atomic E-state index is 13.8. The van der Waals surface area contributed by atoms with Crippen molar-refractivity contribution in [3.63, 3.8) is 0 Å². The average molecular weight is 606 g/mol. The van der Waals surface area contributed by atoms with E-state index in [2.05, 4.69) is 66.9 Å². The molecule has 0 radical (unpaired) electrons. The van der Waals surface area contributed by atoms with Crippen LogP contribution in [0.4, 0.5) is 0 Å². The van der Waals surface area contributed by atoms with Gasteiger partial charge in [-0.15, -0.1) is 11.3 Å². The summed E-state index contributed by atoms with van der Waals surface area (Å²) >= 11 is 1.75. The van der Waals surface area contributed by atoms with Crippen LogP contribution in [0, 0.1) is 11.8 Å². The van der Waals surface area contributed by atoms with E-state index in [1.165, 1.54) is 30.8 Å². The first-order valence-electron chi connectivity index (χ1n) is 16.6. The zero-order valence-corrected chi connectivity index (χ0v) is 27.7. The van der Waals surface area contributed by atoms with Crippen molar-refractivity contribution in [1.82, 2.24) is 24.7 Å². The molecule has 2 atom stereocenters. The van der Waals surface area contributed by atoms with Gasteiger partial charge in [-0.25, -0.2) is 4.98 Å². The highest BCUT2D eigenvalue weighted by molar-refractivity contribution is 7.09. The number of fused-ring (bicyclic) bond motifs is 1. The summed E-state index contributed by atoms with van der Waals surface area (Å²) in [7, 11) is 0. The van der Waals surface area contributed by atoms with Crippen LogP contribution in [0.25, 0.3) is 11.0 Å². The van der Waals surface area contributed by atoms with Gasteiger partial charge < -0.3 is 14.8 Å². The molecule has 8 heteroatoms. The number of aromatic nitrogens is 2. The van der Waals surface area contributed by atoms with Crippen LogP contribution in [0.2, 0.25) is 0 Å². The lowest BCUT2D eigenvalue weighted by Crippen LogP contribution is -2.54. The molecule has 43 heavy (non-hydrogen) atoms. The fourth-order valence-corrected chi connectivity index (χ4v) is 7.91. The number of amides is 2. The predicted octanol–water partition coefficient (Wildman–Crippen LogP) is 6.92. The van der Waals surface area contributed by atoms with Crippen LogP contribution in [0.15, 0.2) is 35.7 Å². The van der Waals surface area contributed by atoms with Gasteiger partial charge in [-0.2, -0.15) is 0 Å². The zero-order valence-electron chi connectivity index (χ0n) is 26.8. The monoisotopic (exact) mass is 605 g/mol. The molecule has 5 rings (SSSR count). The molecule has 2 fully saturated rings. The van der Waals surface area contributed by atoms with Gasteiger partial charge in [0.15, 0.2) is 0 Å². The standard InChI is InChI=1S/C35H51N5O2S/c1-6-27(7-2)40-32-13-12-26(21-30(32)36-33(40)22-29-11-9-19-43-29)34(41)37-31(20-24(3)4)35(42)38-17-14-28(15-18-38)39-16-8-10-25(5)23-39/h9,11-13,19,21,24-25,27-28,31H,6-8,10,14-18,20,22-23H2,1-5H3,(H,37,41)/t25?,31-/m0/s1. The van der Waals surface area contributed by atoms with Gasteiger partial charge in [0.25, 0.3) is 5.91 Å². The van der Waals surface area contributed by atoms with Gasteiger partial charge in [-0.1, -0.05) is 40.7 Å². The average Bonchev–Trinajstić information content (AvgIpc) is 3.64. The Labute approximate surface area is 262 Å². The van der Waals surface area contributed by atoms with E-state index in [0.717, 1.165) is 68.0 Å². The van der Waals surface area contributed by atoms with Gasteiger partial charge in [0.05, 0.1) is 11.0 Å². The van der Waals surface area contributed by atoms with E-state index < -0.39 is 6.04 Å². The third-order valence-electron chi connectivity index (χ3n) is 9.54. The maximum atomic E-state index is 13.8. The van der Waals surface area contributed by atoms with Crippen molar-refractivity contribution in [3.8, 4) is 0 Å². The number of carbonyl (C=O) groups excluding carboxylic acids is 2. The van der Waals surface area contributed by atoms with E-state index in [1.54, 1.807) is 11.3 Å². The third kappa shape index (κ3) is 7.51. The van der Waals surface area contributed by atoms with E-state index in [1.807, 2.05) is 23.1 Å². The molecule has 0 spiro atoms. The van der Waals surface area contributed by atoms with Crippen LogP contribution in [0.3, 0.4) is 0 Å². The summed E-state index contributed by atoms with van der Waals surface area (Å²) in [4.78, 5) is 38.4. The Morgan fingerprint density at radius 3 is 2.49 bits per heavy atom. The summed E-state index contributed by atoms with van der Waals surface area (Å²) in [6.07, 6.45) is 8.10. The molecule has 2 saturated heterocycles. The SMILES string of the molecule is CCC(CC)n1c(Cc2cccs2)nc2cc(C(=O)N[C@@H](CC(C)C)C(=O)N3CCC(N4CCCC(C)C4)CC3)ccc21. The smallest absolute Gasteiger partial charge is 0.252 e. The molecule has 4 heterocycles. The van der Waals surface area contributed by atoms with Crippen LogP contribution in [0.1, 0.15) is 107 Å². The molecule has 1 N–H and O–H groups in total. The number of imidazole rings is 1. The Kier molecular flexibility index (Phi) is 10.6. The van der Waals surface area contributed by atoms with E-state index in [-0.39, 0.29) is 11.8 Å². The van der Waals surface area contributed by atoms with Gasteiger partial charge in [0, 0.05) is 48.6 Å². The van der Waals surface area contributed by atoms with Crippen LogP contribution in [-0.4, -0.2) is 69.4 Å². The van der Waals surface area contributed by atoms with Gasteiger partial charge in [0.1, 0.15) is 11.9 Å². The molecular weight excluding hydrogens is 554 g/mol. The lowest BCUT2D eigenvalue weighted by atomic mass is 9.94. The molecular formula is C35H51N5O2S. The Balaban J connectivity index is 1.30. The predicted molar refractivity (Wildman–Crippen MR) is 177 cm³/mol. The summed E-state index contributed by atoms with van der Waals surface area (Å²) in [5.41, 5.74) is 2.47. The molecule has 0 saturated carbocycles. The lowest BCUT2D eigenvalue weighted by molar-refractivity contribution is -0.135. The molecule has 3 aromatic rings. The van der Waals surface area contributed by atoms with Crippen LogP contribution < -0.4 is 5.32 Å². The highest BCUT2D eigenvalue weighted by Crippen LogP contribution is 2.29. The van der Waals surface area contributed by atoms with Crippen molar-refractivity contribution in [2.24, 2.45) is 11.8 Å². The number of likely N-dealkylation sites (tertiary alicyclic amines) is 2. The van der Waals surface area contributed by atoms with Crippen LogP contribution >= 0.6 is 11.3 Å². The first-order valence-corrected chi connectivity index (χ1v) is 17.5. The second-order valence-electron chi connectivity index (χ2n) is 13.3. The summed E-state index contributed by atoms with van der Waals surface area (Å²) in [6.45, 7) is 14.9. The summed E-state index contributed by atoms with van der Waals surface area (Å²) in [5.74, 6) is 1.96. The number of hydrogen-bond donors (Lipinski definition) is 1. The number of benzene rings is 1. The van der Waals surface area contributed by atoms with E-state index in [4.69, 9.17) is 4.98 Å². The molecule has 234 valence electrons. The fourth-order valence-electron chi connectivity index (χ4n) is 7.21. The van der Waals surface area contributed by atoms with Gasteiger partial charge >= 0.3 is 0 Å². The minimum atomic E-state index is -0.522. The first kappa shape index (κ1) is 31.7. The van der Waals surface area contributed by atoms with Crippen molar-refractivity contribution in [3.05, 3.63) is 52.0 Å². The second-order valence-corrected chi connectivity index (χ2v) is 14.3. The number of thiophene rings is 1. The highest BCUT2D eigenvalue weighted by Gasteiger charge is 2.33. The number of nitrogens with one attached hydrogen (secondary N) is 1. The lowest BCUT2D eigenvalue weighted by Gasteiger charge is -2.42. The second kappa shape index (κ2) is 14.4. The quantitative estimate of drug-likeness (QED) is 0.258. The molecule has 0 aliphatic carbocycles. The van der Waals surface area contributed by atoms with Gasteiger partial charge in [-0.3, -0.25) is 14.5 Å². The summed E-state index contributed by atoms with van der Waals surface area (Å²) < 4.78 is 2.37. The van der Waals surface area contributed by atoms with Gasteiger partial charge in [0.2, 0.25) is 5.91 Å². The third-order valence-corrected chi connectivity index (χ3v) is 10.4. The summed E-state index contributed by atoms with van der Waals surface area (Å²) in [5, 5.41) is 5.24.